The van der Waals surface area contributed by atoms with Crippen LogP contribution in [0.1, 0.15) is 10.4 Å². The van der Waals surface area contributed by atoms with Gasteiger partial charge in [-0.3, -0.25) is 9.59 Å². The van der Waals surface area contributed by atoms with Crippen LogP contribution in [0, 0.1) is 0 Å². The molecule has 20 heavy (non-hydrogen) atoms. The Labute approximate surface area is 130 Å². The average Bonchev–Trinajstić information content (AvgIpc) is 2.48. The zero-order valence-corrected chi connectivity index (χ0v) is 13.2. The third kappa shape index (κ3) is 3.13. The van der Waals surface area contributed by atoms with Crippen molar-refractivity contribution in [2.24, 2.45) is 0 Å². The number of rotatable bonds is 2. The summed E-state index contributed by atoms with van der Waals surface area (Å²) in [7, 11) is 1.54. The van der Waals surface area contributed by atoms with Crippen molar-refractivity contribution >= 4 is 39.3 Å². The van der Waals surface area contributed by atoms with Crippen molar-refractivity contribution in [3.63, 3.8) is 0 Å². The van der Waals surface area contributed by atoms with E-state index in [-0.39, 0.29) is 18.4 Å². The molecule has 1 saturated heterocycles. The fourth-order valence-electron chi connectivity index (χ4n) is 2.03. The molecule has 1 aliphatic heterocycles. The van der Waals surface area contributed by atoms with Gasteiger partial charge in [-0.25, -0.2) is 0 Å². The van der Waals surface area contributed by atoms with Crippen molar-refractivity contribution in [1.29, 1.82) is 0 Å². The van der Waals surface area contributed by atoms with E-state index in [1.165, 1.54) is 4.90 Å². The largest absolute Gasteiger partial charge is 0.377 e. The Morgan fingerprint density at radius 1 is 1.50 bits per heavy atom. The van der Waals surface area contributed by atoms with E-state index in [4.69, 9.17) is 16.3 Å². The minimum absolute atomic E-state index is 0.209. The number of halogens is 2. The predicted molar refractivity (Wildman–Crippen MR) is 78.9 cm³/mol. The maximum absolute atomic E-state index is 12.5. The molecule has 1 fully saturated rings. The molecule has 2 rings (SSSR count). The third-order valence-corrected chi connectivity index (χ3v) is 4.32. The van der Waals surface area contributed by atoms with Gasteiger partial charge in [-0.05, 0) is 34.1 Å². The van der Waals surface area contributed by atoms with Crippen molar-refractivity contribution in [3.05, 3.63) is 33.3 Å². The van der Waals surface area contributed by atoms with Gasteiger partial charge in [-0.1, -0.05) is 11.6 Å². The molecule has 2 amide bonds. The first-order valence-electron chi connectivity index (χ1n) is 6.10. The van der Waals surface area contributed by atoms with Crippen LogP contribution in [0.4, 0.5) is 0 Å². The molecule has 0 aromatic heterocycles. The molecule has 0 bridgehead atoms. The van der Waals surface area contributed by atoms with Crippen LogP contribution in [0.3, 0.4) is 0 Å². The Morgan fingerprint density at radius 2 is 2.25 bits per heavy atom. The number of hydrogen-bond donors (Lipinski definition) is 1. The summed E-state index contributed by atoms with van der Waals surface area (Å²) in [5.41, 5.74) is 0.483. The van der Waals surface area contributed by atoms with E-state index in [0.29, 0.717) is 28.2 Å². The molecular weight excluding hydrogens is 348 g/mol. The molecule has 5 nitrogen and oxygen atoms in total. The van der Waals surface area contributed by atoms with Crippen LogP contribution in [0.5, 0.6) is 0 Å². The lowest BCUT2D eigenvalue weighted by atomic mass is 10.1. The number of ether oxygens (including phenoxy) is 1. The van der Waals surface area contributed by atoms with Crippen molar-refractivity contribution in [2.45, 2.75) is 6.04 Å². The van der Waals surface area contributed by atoms with Crippen LogP contribution < -0.4 is 5.32 Å². The highest BCUT2D eigenvalue weighted by atomic mass is 79.9. The van der Waals surface area contributed by atoms with Crippen LogP contribution in [0.2, 0.25) is 5.02 Å². The number of morpholine rings is 1. The summed E-state index contributed by atoms with van der Waals surface area (Å²) in [6.07, 6.45) is 0. The van der Waals surface area contributed by atoms with E-state index < -0.39 is 6.04 Å². The van der Waals surface area contributed by atoms with Gasteiger partial charge in [0, 0.05) is 23.6 Å². The molecular formula is C13H14BrClN2O3. The van der Waals surface area contributed by atoms with E-state index in [1.54, 1.807) is 25.2 Å². The van der Waals surface area contributed by atoms with Crippen LogP contribution in [-0.2, 0) is 9.53 Å². The molecule has 1 heterocycles. The van der Waals surface area contributed by atoms with Crippen LogP contribution in [-0.4, -0.2) is 49.6 Å². The summed E-state index contributed by atoms with van der Waals surface area (Å²) >= 11 is 9.21. The zero-order chi connectivity index (χ0) is 14.7. The first-order valence-corrected chi connectivity index (χ1v) is 7.27. The fraction of sp³-hybridized carbons (Fsp3) is 0.385. The topological polar surface area (TPSA) is 58.6 Å². The second-order valence-electron chi connectivity index (χ2n) is 4.33. The number of benzene rings is 1. The summed E-state index contributed by atoms with van der Waals surface area (Å²) in [6, 6.07) is 4.34. The predicted octanol–water partition coefficient (Wildman–Crippen LogP) is 1.69. The Morgan fingerprint density at radius 3 is 2.90 bits per heavy atom. The first-order chi connectivity index (χ1) is 9.54. The van der Waals surface area contributed by atoms with Crippen molar-refractivity contribution in [3.8, 4) is 0 Å². The molecule has 0 spiro atoms. The van der Waals surface area contributed by atoms with Crippen LogP contribution >= 0.6 is 27.5 Å². The number of amides is 2. The Hall–Kier alpha value is -1.11. The molecule has 1 aliphatic rings. The average molecular weight is 362 g/mol. The van der Waals surface area contributed by atoms with E-state index >= 15 is 0 Å². The van der Waals surface area contributed by atoms with Gasteiger partial charge in [0.15, 0.2) is 0 Å². The number of carbonyl (C=O) groups is 2. The quantitative estimate of drug-likeness (QED) is 0.872. The highest BCUT2D eigenvalue weighted by Gasteiger charge is 2.32. The summed E-state index contributed by atoms with van der Waals surface area (Å²) < 4.78 is 5.93. The molecule has 108 valence electrons. The SMILES string of the molecule is CNC(=O)C1COCCN1C(=O)c1ccc(Cl)c(Br)c1. The number of nitrogens with zero attached hydrogens (tertiary/aromatic N) is 1. The standard InChI is InChI=1S/C13H14BrClN2O3/c1-16-12(18)11-7-20-5-4-17(11)13(19)8-2-3-10(15)9(14)6-8/h2-3,6,11H,4-5,7H2,1H3,(H,16,18). The summed E-state index contributed by atoms with van der Waals surface area (Å²) in [5.74, 6) is -0.439. The first kappa shape index (κ1) is 15.3. The molecule has 1 aromatic rings. The normalized spacial score (nSPS) is 18.8. The smallest absolute Gasteiger partial charge is 0.254 e. The summed E-state index contributed by atoms with van der Waals surface area (Å²) in [6.45, 7) is 1.02. The van der Waals surface area contributed by atoms with Gasteiger partial charge in [0.05, 0.1) is 18.2 Å². The Kier molecular flexibility index (Phi) is 5.01. The summed E-state index contributed by atoms with van der Waals surface area (Å²) in [4.78, 5) is 25.9. The molecule has 1 atom stereocenters. The maximum Gasteiger partial charge on any atom is 0.254 e. The van der Waals surface area contributed by atoms with Crippen LogP contribution in [0.25, 0.3) is 0 Å². The molecule has 1 unspecified atom stereocenters. The minimum atomic E-state index is -0.601. The minimum Gasteiger partial charge on any atom is -0.377 e. The van der Waals surface area contributed by atoms with Gasteiger partial charge in [0.1, 0.15) is 6.04 Å². The zero-order valence-electron chi connectivity index (χ0n) is 10.9. The van der Waals surface area contributed by atoms with Gasteiger partial charge in [-0.2, -0.15) is 0 Å². The van der Waals surface area contributed by atoms with E-state index in [1.807, 2.05) is 0 Å². The highest BCUT2D eigenvalue weighted by Crippen LogP contribution is 2.24. The molecule has 1 N–H and O–H groups in total. The third-order valence-electron chi connectivity index (χ3n) is 3.10. The highest BCUT2D eigenvalue weighted by molar-refractivity contribution is 9.10. The second-order valence-corrected chi connectivity index (χ2v) is 5.59. The maximum atomic E-state index is 12.5. The van der Waals surface area contributed by atoms with Gasteiger partial charge in [0.25, 0.3) is 5.91 Å². The molecule has 0 aliphatic carbocycles. The second kappa shape index (κ2) is 6.56. The molecule has 0 radical (unpaired) electrons. The Bertz CT molecular complexity index is 538. The summed E-state index contributed by atoms with van der Waals surface area (Å²) in [5, 5.41) is 3.08. The number of nitrogens with one attached hydrogen (secondary N) is 1. The molecule has 1 aromatic carbocycles. The van der Waals surface area contributed by atoms with Crippen molar-refractivity contribution in [1.82, 2.24) is 10.2 Å². The lowest BCUT2D eigenvalue weighted by Crippen LogP contribution is -2.55. The molecule has 7 heteroatoms. The van der Waals surface area contributed by atoms with Gasteiger partial charge >= 0.3 is 0 Å². The molecule has 0 saturated carbocycles. The van der Waals surface area contributed by atoms with Crippen molar-refractivity contribution < 1.29 is 14.3 Å². The van der Waals surface area contributed by atoms with E-state index in [2.05, 4.69) is 21.2 Å². The lowest BCUT2D eigenvalue weighted by molar-refractivity contribution is -0.130. The van der Waals surface area contributed by atoms with Gasteiger partial charge in [-0.15, -0.1) is 0 Å². The van der Waals surface area contributed by atoms with Crippen LogP contribution in [0.15, 0.2) is 22.7 Å². The fourth-order valence-corrected chi connectivity index (χ4v) is 2.52. The van der Waals surface area contributed by atoms with Gasteiger partial charge in [0.2, 0.25) is 5.91 Å². The lowest BCUT2D eigenvalue weighted by Gasteiger charge is -2.34. The number of carbonyl (C=O) groups excluding carboxylic acids is 2. The van der Waals surface area contributed by atoms with Crippen molar-refractivity contribution in [2.75, 3.05) is 26.8 Å². The monoisotopic (exact) mass is 360 g/mol. The number of likely N-dealkylation sites (N-methyl/N-ethyl adjacent to an activating group) is 1. The van der Waals surface area contributed by atoms with E-state index in [0.717, 1.165) is 0 Å². The van der Waals surface area contributed by atoms with E-state index in [9.17, 15) is 9.59 Å². The van der Waals surface area contributed by atoms with Gasteiger partial charge < -0.3 is 15.0 Å². The Balaban J connectivity index is 2.25. The number of hydrogen-bond acceptors (Lipinski definition) is 3.